The fraction of sp³-hybridized carbons (Fsp3) is 0. The Balaban J connectivity index is 1.55. The lowest BCUT2D eigenvalue weighted by atomic mass is 10.1. The van der Waals surface area contributed by atoms with Gasteiger partial charge in [-0.05, 0) is 60.7 Å². The van der Waals surface area contributed by atoms with Gasteiger partial charge in [0, 0.05) is 16.5 Å². The van der Waals surface area contributed by atoms with E-state index in [1.54, 1.807) is 30.3 Å². The maximum absolute atomic E-state index is 13.1. The number of imidazole rings is 1. The number of hydrogen-bond donors (Lipinski definition) is 2. The van der Waals surface area contributed by atoms with Crippen LogP contribution in [0.1, 0.15) is 26.5 Å². The summed E-state index contributed by atoms with van der Waals surface area (Å²) < 4.78 is 18.8. The number of hydrogen-bond acceptors (Lipinski definition) is 4. The molecule has 2 aromatic heterocycles. The number of amides is 1. The van der Waals surface area contributed by atoms with Crippen molar-refractivity contribution < 1.29 is 18.4 Å². The van der Waals surface area contributed by atoms with Crippen LogP contribution in [0.25, 0.3) is 33.4 Å². The molecule has 0 bridgehead atoms. The third kappa shape index (κ3) is 2.93. The first-order valence-electron chi connectivity index (χ1n) is 9.12. The van der Waals surface area contributed by atoms with Crippen LogP contribution in [0.2, 0.25) is 0 Å². The van der Waals surface area contributed by atoms with Gasteiger partial charge in [0.25, 0.3) is 5.91 Å². The Kier molecular flexibility index (Phi) is 3.96. The van der Waals surface area contributed by atoms with Gasteiger partial charge < -0.3 is 15.1 Å². The zero-order valence-corrected chi connectivity index (χ0v) is 15.5. The summed E-state index contributed by atoms with van der Waals surface area (Å²) in [5, 5.41) is 0.716. The number of para-hydroxylation sites is 1. The van der Waals surface area contributed by atoms with Crippen molar-refractivity contribution in [2.45, 2.75) is 0 Å². The van der Waals surface area contributed by atoms with Gasteiger partial charge in [0.1, 0.15) is 22.7 Å². The average molecular weight is 399 g/mol. The predicted molar refractivity (Wildman–Crippen MR) is 110 cm³/mol. The number of nitrogens with zero attached hydrogens (tertiary/aromatic N) is 1. The van der Waals surface area contributed by atoms with Crippen molar-refractivity contribution >= 4 is 33.7 Å². The van der Waals surface area contributed by atoms with E-state index in [0.29, 0.717) is 39.0 Å². The Bertz CT molecular complexity index is 1450. The molecule has 3 N–H and O–H groups in total. The molecule has 0 unspecified atom stereocenters. The van der Waals surface area contributed by atoms with Crippen molar-refractivity contribution in [3.05, 3.63) is 89.4 Å². The Morgan fingerprint density at radius 1 is 1.00 bits per heavy atom. The molecule has 3 aromatic carbocycles. The van der Waals surface area contributed by atoms with Gasteiger partial charge in [0.05, 0.1) is 11.1 Å². The van der Waals surface area contributed by atoms with Crippen LogP contribution in [-0.4, -0.2) is 21.7 Å². The number of nitrogens with two attached hydrogens (primary N) is 1. The van der Waals surface area contributed by atoms with Gasteiger partial charge in [-0.15, -0.1) is 0 Å². The molecule has 2 heterocycles. The molecular formula is C23H14FN3O3. The minimum atomic E-state index is -0.548. The highest BCUT2D eigenvalue weighted by molar-refractivity contribution is 6.09. The summed E-state index contributed by atoms with van der Waals surface area (Å²) >= 11 is 0. The van der Waals surface area contributed by atoms with E-state index in [4.69, 9.17) is 10.2 Å². The molecule has 5 aromatic rings. The Morgan fingerprint density at radius 3 is 2.57 bits per heavy atom. The molecule has 146 valence electrons. The van der Waals surface area contributed by atoms with E-state index in [-0.39, 0.29) is 11.5 Å². The van der Waals surface area contributed by atoms with E-state index in [2.05, 4.69) is 9.97 Å². The molecule has 30 heavy (non-hydrogen) atoms. The molecule has 0 aliphatic rings. The van der Waals surface area contributed by atoms with Crippen LogP contribution in [0.4, 0.5) is 4.39 Å². The average Bonchev–Trinajstić information content (AvgIpc) is 3.37. The van der Waals surface area contributed by atoms with Crippen molar-refractivity contribution in [2.24, 2.45) is 5.73 Å². The Labute approximate surface area is 169 Å². The van der Waals surface area contributed by atoms with Crippen LogP contribution < -0.4 is 5.73 Å². The largest absolute Gasteiger partial charge is 0.453 e. The van der Waals surface area contributed by atoms with Crippen LogP contribution in [-0.2, 0) is 0 Å². The number of rotatable bonds is 4. The molecule has 0 radical (unpaired) electrons. The molecule has 0 saturated heterocycles. The molecule has 0 spiro atoms. The number of H-pyrrole nitrogens is 1. The summed E-state index contributed by atoms with van der Waals surface area (Å²) in [5.41, 5.74) is 8.61. The Morgan fingerprint density at radius 2 is 1.80 bits per heavy atom. The number of nitrogens with one attached hydrogen (secondary N) is 1. The van der Waals surface area contributed by atoms with Gasteiger partial charge in [-0.2, -0.15) is 0 Å². The molecule has 7 heteroatoms. The minimum Gasteiger partial charge on any atom is -0.453 e. The predicted octanol–water partition coefficient (Wildman–Crippen LogP) is 4.45. The van der Waals surface area contributed by atoms with Crippen LogP contribution in [0.15, 0.2) is 71.1 Å². The first-order valence-corrected chi connectivity index (χ1v) is 9.12. The van der Waals surface area contributed by atoms with Crippen LogP contribution in [0.5, 0.6) is 0 Å². The van der Waals surface area contributed by atoms with Crippen LogP contribution in [0, 0.1) is 5.82 Å². The first-order chi connectivity index (χ1) is 14.5. The summed E-state index contributed by atoms with van der Waals surface area (Å²) in [4.78, 5) is 32.0. The quantitative estimate of drug-likeness (QED) is 0.436. The van der Waals surface area contributed by atoms with E-state index in [9.17, 15) is 14.0 Å². The van der Waals surface area contributed by atoms with Crippen molar-refractivity contribution in [2.75, 3.05) is 0 Å². The monoisotopic (exact) mass is 399 g/mol. The molecule has 5 rings (SSSR count). The van der Waals surface area contributed by atoms with Gasteiger partial charge in [-0.3, -0.25) is 9.59 Å². The number of benzene rings is 3. The molecule has 0 fully saturated rings. The van der Waals surface area contributed by atoms with E-state index in [1.165, 1.54) is 24.3 Å². The van der Waals surface area contributed by atoms with Crippen molar-refractivity contribution in [3.63, 3.8) is 0 Å². The molecule has 0 aliphatic heterocycles. The summed E-state index contributed by atoms with van der Waals surface area (Å²) in [7, 11) is 0. The normalized spacial score (nSPS) is 11.2. The second kappa shape index (κ2) is 6.66. The van der Waals surface area contributed by atoms with Crippen LogP contribution >= 0.6 is 0 Å². The maximum atomic E-state index is 13.1. The number of furan rings is 1. The highest BCUT2D eigenvalue weighted by Gasteiger charge is 2.16. The number of aromatic amines is 1. The second-order valence-corrected chi connectivity index (χ2v) is 6.85. The van der Waals surface area contributed by atoms with Gasteiger partial charge >= 0.3 is 0 Å². The van der Waals surface area contributed by atoms with Gasteiger partial charge in [-0.1, -0.05) is 6.07 Å². The summed E-state index contributed by atoms with van der Waals surface area (Å²) in [5.74, 6) is -0.566. The summed E-state index contributed by atoms with van der Waals surface area (Å²) in [6.07, 6.45) is 0. The number of ketones is 1. The molecule has 0 saturated carbocycles. The lowest BCUT2D eigenvalue weighted by molar-refractivity contribution is 0.0997. The molecule has 1 amide bonds. The number of primary amides is 1. The van der Waals surface area contributed by atoms with E-state index < -0.39 is 11.7 Å². The lowest BCUT2D eigenvalue weighted by Crippen LogP contribution is -2.11. The highest BCUT2D eigenvalue weighted by atomic mass is 19.1. The first kappa shape index (κ1) is 17.8. The zero-order valence-electron chi connectivity index (χ0n) is 15.5. The zero-order chi connectivity index (χ0) is 20.8. The third-order valence-corrected chi connectivity index (χ3v) is 4.90. The number of fused-ring (bicyclic) bond motifs is 2. The molecule has 6 nitrogen and oxygen atoms in total. The molecule has 0 atom stereocenters. The number of halogens is 1. The van der Waals surface area contributed by atoms with Crippen molar-refractivity contribution in [3.8, 4) is 11.4 Å². The second-order valence-electron chi connectivity index (χ2n) is 6.85. The molecule has 0 aliphatic carbocycles. The number of carbonyl (C=O) groups is 2. The number of aromatic nitrogens is 2. The smallest absolute Gasteiger partial charge is 0.250 e. The van der Waals surface area contributed by atoms with Gasteiger partial charge in [0.15, 0.2) is 5.76 Å². The van der Waals surface area contributed by atoms with E-state index in [0.717, 1.165) is 5.56 Å². The third-order valence-electron chi connectivity index (χ3n) is 4.90. The number of carbonyl (C=O) groups excluding carboxylic acids is 2. The van der Waals surface area contributed by atoms with Gasteiger partial charge in [0.2, 0.25) is 5.78 Å². The lowest BCUT2D eigenvalue weighted by Gasteiger charge is -1.96. The molecular weight excluding hydrogens is 385 g/mol. The summed E-state index contributed by atoms with van der Waals surface area (Å²) in [6, 6.07) is 17.5. The minimum absolute atomic E-state index is 0.161. The van der Waals surface area contributed by atoms with Crippen molar-refractivity contribution in [1.29, 1.82) is 0 Å². The van der Waals surface area contributed by atoms with Crippen molar-refractivity contribution in [1.82, 2.24) is 9.97 Å². The highest BCUT2D eigenvalue weighted by Crippen LogP contribution is 2.28. The topological polar surface area (TPSA) is 102 Å². The fourth-order valence-electron chi connectivity index (χ4n) is 3.41. The van der Waals surface area contributed by atoms with E-state index >= 15 is 0 Å². The summed E-state index contributed by atoms with van der Waals surface area (Å²) in [6.45, 7) is 0. The van der Waals surface area contributed by atoms with E-state index in [1.807, 2.05) is 12.1 Å². The fourth-order valence-corrected chi connectivity index (χ4v) is 3.41. The maximum Gasteiger partial charge on any atom is 0.250 e. The Hall–Kier alpha value is -4.26. The SMILES string of the molecule is NC(=O)c1cccc2[nH]c(-c3ccc4oc(C(=O)c5ccc(F)cc5)cc4c3)nc12. The van der Waals surface area contributed by atoms with Crippen LogP contribution in [0.3, 0.4) is 0 Å². The standard InChI is InChI=1S/C23H14FN3O3/c24-15-7-4-12(5-8-15)21(28)19-11-14-10-13(6-9-18(14)30-19)23-26-17-3-1-2-16(22(25)29)20(17)27-23/h1-11H,(H2,25,29)(H,26,27). The van der Waals surface area contributed by atoms with Gasteiger partial charge in [-0.25, -0.2) is 9.37 Å².